The Morgan fingerprint density at radius 2 is 1.91 bits per heavy atom. The summed E-state index contributed by atoms with van der Waals surface area (Å²) in [6.07, 6.45) is 0.392. The minimum absolute atomic E-state index is 0.113. The van der Waals surface area contributed by atoms with Crippen LogP contribution in [0.25, 0.3) is 0 Å². The smallest absolute Gasteiger partial charge is 0.178 e. The Morgan fingerprint density at radius 1 is 1.22 bits per heavy atom. The van der Waals surface area contributed by atoms with Gasteiger partial charge in [-0.05, 0) is 52.2 Å². The minimum Gasteiger partial charge on any atom is -0.490 e. The van der Waals surface area contributed by atoms with Gasteiger partial charge in [-0.25, -0.2) is 0 Å². The van der Waals surface area contributed by atoms with Crippen LogP contribution in [0.5, 0.6) is 5.75 Å². The lowest BCUT2D eigenvalue weighted by molar-refractivity contribution is 0.0380. The molecule has 0 fully saturated rings. The Hall–Kier alpha value is -0.880. The summed E-state index contributed by atoms with van der Waals surface area (Å²) in [5, 5.41) is 10.6. The molecule has 1 atom stereocenters. The molecule has 0 bridgehead atoms. The van der Waals surface area contributed by atoms with E-state index < -0.39 is 5.41 Å². The molecular formula is C17H13Br2ClO3. The zero-order chi connectivity index (χ0) is 16.6. The molecule has 3 rings (SSSR count). The Morgan fingerprint density at radius 3 is 2.57 bits per heavy atom. The molecule has 3 nitrogen and oxygen atoms in total. The van der Waals surface area contributed by atoms with E-state index in [0.29, 0.717) is 27.2 Å². The number of ketones is 1. The largest absolute Gasteiger partial charge is 0.490 e. The van der Waals surface area contributed by atoms with Crippen molar-refractivity contribution in [2.24, 2.45) is 5.41 Å². The number of fused-ring (bicyclic) bond motifs is 1. The number of carbonyl (C=O) groups excluding carboxylic acids is 1. The van der Waals surface area contributed by atoms with E-state index in [2.05, 4.69) is 31.9 Å². The second-order valence-corrected chi connectivity index (χ2v) is 7.83. The molecule has 0 aliphatic carbocycles. The zero-order valence-corrected chi connectivity index (χ0v) is 15.9. The number of aliphatic hydroxyl groups is 1. The van der Waals surface area contributed by atoms with Gasteiger partial charge in [0.2, 0.25) is 0 Å². The molecule has 1 N–H and O–H groups in total. The third-order valence-corrected chi connectivity index (χ3v) is 5.28. The van der Waals surface area contributed by atoms with E-state index in [1.54, 1.807) is 18.2 Å². The number of carbonyl (C=O) groups is 1. The van der Waals surface area contributed by atoms with Crippen molar-refractivity contribution in [2.75, 3.05) is 13.2 Å². The van der Waals surface area contributed by atoms with Gasteiger partial charge in [0.1, 0.15) is 12.4 Å². The number of benzene rings is 2. The van der Waals surface area contributed by atoms with Crippen LogP contribution in [0.15, 0.2) is 45.3 Å². The number of Topliss-reactive ketones (excluding diaryl/α,β-unsaturated/α-hetero) is 1. The number of hydrogen-bond donors (Lipinski definition) is 1. The summed E-state index contributed by atoms with van der Waals surface area (Å²) < 4.78 is 7.30. The minimum atomic E-state index is -0.985. The van der Waals surface area contributed by atoms with E-state index in [9.17, 15) is 9.90 Å². The number of hydrogen-bond acceptors (Lipinski definition) is 3. The summed E-state index contributed by atoms with van der Waals surface area (Å²) in [4.78, 5) is 13.0. The van der Waals surface area contributed by atoms with Crippen LogP contribution < -0.4 is 4.74 Å². The first-order valence-electron chi connectivity index (χ1n) is 6.97. The van der Waals surface area contributed by atoms with Gasteiger partial charge in [-0.3, -0.25) is 4.79 Å². The van der Waals surface area contributed by atoms with Crippen LogP contribution in [0.2, 0.25) is 5.02 Å². The van der Waals surface area contributed by atoms with E-state index in [0.717, 1.165) is 10.0 Å². The van der Waals surface area contributed by atoms with Crippen molar-refractivity contribution in [2.45, 2.75) is 6.42 Å². The standard InChI is InChI=1S/C17H13Br2ClO3/c18-11-5-13-15(14(19)6-11)23-9-17(8-21,16(13)22)7-10-1-3-12(20)4-2-10/h1-6,21H,7-9H2/t17-/m0/s1. The van der Waals surface area contributed by atoms with E-state index >= 15 is 0 Å². The Kier molecular flexibility index (Phi) is 4.83. The number of rotatable bonds is 3. The van der Waals surface area contributed by atoms with Crippen molar-refractivity contribution in [1.82, 2.24) is 0 Å². The molecule has 0 unspecified atom stereocenters. The highest BCUT2D eigenvalue weighted by molar-refractivity contribution is 9.11. The number of aliphatic hydroxyl groups excluding tert-OH is 1. The van der Waals surface area contributed by atoms with E-state index in [4.69, 9.17) is 16.3 Å². The molecule has 2 aromatic rings. The molecule has 0 saturated carbocycles. The summed E-state index contributed by atoms with van der Waals surface area (Å²) in [5.41, 5.74) is 0.416. The molecule has 6 heteroatoms. The van der Waals surface area contributed by atoms with Crippen LogP contribution in [0, 0.1) is 5.41 Å². The molecule has 1 heterocycles. The van der Waals surface area contributed by atoms with Crippen molar-refractivity contribution in [3.05, 3.63) is 61.5 Å². The fourth-order valence-electron chi connectivity index (χ4n) is 2.73. The van der Waals surface area contributed by atoms with Crippen molar-refractivity contribution < 1.29 is 14.6 Å². The number of ether oxygens (including phenoxy) is 1. The van der Waals surface area contributed by atoms with Crippen molar-refractivity contribution in [3.63, 3.8) is 0 Å². The van der Waals surface area contributed by atoms with Crippen LogP contribution in [0.3, 0.4) is 0 Å². The van der Waals surface area contributed by atoms with Gasteiger partial charge in [-0.15, -0.1) is 0 Å². The van der Waals surface area contributed by atoms with Gasteiger partial charge in [0.05, 0.1) is 22.1 Å². The SMILES string of the molecule is O=C1c2cc(Br)cc(Br)c2OC[C@@]1(CO)Cc1ccc(Cl)cc1. The second kappa shape index (κ2) is 6.55. The summed E-state index contributed by atoms with van der Waals surface area (Å²) in [6, 6.07) is 10.8. The third-order valence-electron chi connectivity index (χ3n) is 3.99. The van der Waals surface area contributed by atoms with Crippen molar-refractivity contribution >= 4 is 49.2 Å². The third kappa shape index (κ3) is 3.20. The monoisotopic (exact) mass is 458 g/mol. The maximum absolute atomic E-state index is 13.0. The quantitative estimate of drug-likeness (QED) is 0.725. The van der Waals surface area contributed by atoms with Gasteiger partial charge in [-0.1, -0.05) is 39.7 Å². The summed E-state index contributed by atoms with van der Waals surface area (Å²) in [6.45, 7) is -0.143. The average molecular weight is 461 g/mol. The lowest BCUT2D eigenvalue weighted by atomic mass is 9.75. The van der Waals surface area contributed by atoms with Gasteiger partial charge < -0.3 is 9.84 Å². The fourth-order valence-corrected chi connectivity index (χ4v) is 4.20. The first-order chi connectivity index (χ1) is 10.9. The lowest BCUT2D eigenvalue weighted by Gasteiger charge is -2.35. The van der Waals surface area contributed by atoms with Crippen LogP contribution in [-0.2, 0) is 6.42 Å². The summed E-state index contributed by atoms with van der Waals surface area (Å²) >= 11 is 12.7. The Balaban J connectivity index is 2.00. The van der Waals surface area contributed by atoms with Gasteiger partial charge in [0.15, 0.2) is 5.78 Å². The van der Waals surface area contributed by atoms with Crippen LogP contribution in [0.1, 0.15) is 15.9 Å². The molecule has 0 aromatic heterocycles. The molecule has 0 spiro atoms. The van der Waals surface area contributed by atoms with Gasteiger partial charge >= 0.3 is 0 Å². The summed E-state index contributed by atoms with van der Waals surface area (Å²) in [7, 11) is 0. The molecule has 1 aliphatic heterocycles. The molecule has 0 saturated heterocycles. The highest BCUT2D eigenvalue weighted by Crippen LogP contribution is 2.42. The Labute approximate surface area is 155 Å². The predicted molar refractivity (Wildman–Crippen MR) is 96.3 cm³/mol. The Bertz CT molecular complexity index is 761. The van der Waals surface area contributed by atoms with Crippen LogP contribution in [0.4, 0.5) is 0 Å². The van der Waals surface area contributed by atoms with E-state index in [1.807, 2.05) is 18.2 Å². The molecule has 23 heavy (non-hydrogen) atoms. The molecule has 120 valence electrons. The van der Waals surface area contributed by atoms with Gasteiger partial charge in [-0.2, -0.15) is 0 Å². The normalized spacial score (nSPS) is 20.1. The first kappa shape index (κ1) is 17.0. The van der Waals surface area contributed by atoms with Gasteiger partial charge in [0, 0.05) is 9.50 Å². The highest BCUT2D eigenvalue weighted by Gasteiger charge is 2.44. The second-order valence-electron chi connectivity index (χ2n) is 5.62. The topological polar surface area (TPSA) is 46.5 Å². The van der Waals surface area contributed by atoms with Crippen molar-refractivity contribution in [3.8, 4) is 5.75 Å². The maximum atomic E-state index is 13.0. The maximum Gasteiger partial charge on any atom is 0.178 e. The molecule has 0 radical (unpaired) electrons. The van der Waals surface area contributed by atoms with Crippen LogP contribution >= 0.6 is 43.5 Å². The van der Waals surface area contributed by atoms with Crippen molar-refractivity contribution in [1.29, 1.82) is 0 Å². The highest BCUT2D eigenvalue weighted by atomic mass is 79.9. The molecule has 1 aliphatic rings. The molecule has 0 amide bonds. The molecule has 2 aromatic carbocycles. The zero-order valence-electron chi connectivity index (χ0n) is 12.0. The van der Waals surface area contributed by atoms with E-state index in [-0.39, 0.29) is 19.0 Å². The molecular weight excluding hydrogens is 447 g/mol. The summed E-state index contributed by atoms with van der Waals surface area (Å²) in [5.74, 6) is 0.414. The lowest BCUT2D eigenvalue weighted by Crippen LogP contribution is -2.45. The first-order valence-corrected chi connectivity index (χ1v) is 8.93. The fraction of sp³-hybridized carbons (Fsp3) is 0.235. The number of halogens is 3. The van der Waals surface area contributed by atoms with Crippen LogP contribution in [-0.4, -0.2) is 24.1 Å². The van der Waals surface area contributed by atoms with E-state index in [1.165, 1.54) is 0 Å². The van der Waals surface area contributed by atoms with Gasteiger partial charge in [0.25, 0.3) is 0 Å². The average Bonchev–Trinajstić information content (AvgIpc) is 2.53. The predicted octanol–water partition coefficient (Wildman–Crippen LogP) is 4.66.